The van der Waals surface area contributed by atoms with Crippen molar-refractivity contribution in [2.24, 2.45) is 0 Å². The molecular formula is C57H66N12O12. The molecule has 5 aromatic carbocycles. The number of fused-ring (bicyclic) bond motifs is 18. The first kappa shape index (κ1) is 58.8. The molecule has 24 nitrogen and oxygen atoms in total. The lowest BCUT2D eigenvalue weighted by Gasteiger charge is -2.27. The van der Waals surface area contributed by atoms with Crippen LogP contribution in [0.2, 0.25) is 0 Å². The first-order valence-electron chi connectivity index (χ1n) is 26.6. The molecule has 24 heteroatoms. The minimum Gasteiger partial charge on any atom is -0.478 e. The molecule has 5 aromatic rings. The van der Waals surface area contributed by atoms with E-state index in [1.165, 1.54) is 54.6 Å². The Morgan fingerprint density at radius 2 is 0.481 bits per heavy atom. The lowest BCUT2D eigenvalue weighted by Crippen LogP contribution is -2.35. The van der Waals surface area contributed by atoms with Gasteiger partial charge in [-0.1, -0.05) is 41.5 Å². The second-order valence-electron chi connectivity index (χ2n) is 18.9. The largest absolute Gasteiger partial charge is 0.478 e. The van der Waals surface area contributed by atoms with Crippen molar-refractivity contribution in [2.45, 2.75) is 119 Å². The number of hydrogen-bond donors (Lipinski definition) is 15. The van der Waals surface area contributed by atoms with Crippen LogP contribution in [0.5, 0.6) is 0 Å². The van der Waals surface area contributed by atoms with Crippen LogP contribution in [0.1, 0.15) is 139 Å². The molecule has 81 heavy (non-hydrogen) atoms. The second kappa shape index (κ2) is 26.2. The van der Waals surface area contributed by atoms with Gasteiger partial charge < -0.3 is 79.1 Å². The molecule has 0 spiro atoms. The Bertz CT molecular complexity index is 2990. The predicted molar refractivity (Wildman–Crippen MR) is 305 cm³/mol. The molecule has 0 radical (unpaired) electrons. The van der Waals surface area contributed by atoms with Gasteiger partial charge in [-0.2, -0.15) is 0 Å². The average molecular weight is 1110 g/mol. The van der Waals surface area contributed by atoms with Gasteiger partial charge in [0, 0.05) is 39.3 Å². The van der Waals surface area contributed by atoms with Gasteiger partial charge >= 0.3 is 54.1 Å². The van der Waals surface area contributed by atoms with Crippen molar-refractivity contribution in [3.63, 3.8) is 0 Å². The number of carbonyl (C=O) groups is 9. The van der Waals surface area contributed by atoms with E-state index in [0.29, 0.717) is 71.9 Å². The summed E-state index contributed by atoms with van der Waals surface area (Å²) in [4.78, 5) is 121. The molecule has 0 unspecified atom stereocenters. The van der Waals surface area contributed by atoms with Crippen molar-refractivity contribution in [2.75, 3.05) is 31.9 Å². The molecule has 0 saturated heterocycles. The average Bonchev–Trinajstić information content (AvgIpc) is 3.54. The number of hydrogen-bond acceptors (Lipinski definition) is 9. The third-order valence-corrected chi connectivity index (χ3v) is 14.3. The molecule has 0 aromatic heterocycles. The van der Waals surface area contributed by atoms with E-state index >= 15 is 0 Å². The van der Waals surface area contributed by atoms with Gasteiger partial charge in [-0.25, -0.2) is 43.2 Å². The van der Waals surface area contributed by atoms with Gasteiger partial charge in [-0.15, -0.1) is 0 Å². The predicted octanol–water partition coefficient (Wildman–Crippen LogP) is 8.71. The number of aromatic carboxylic acids is 3. The van der Waals surface area contributed by atoms with Crippen LogP contribution in [0.25, 0.3) is 0 Å². The molecule has 0 saturated carbocycles. The van der Waals surface area contributed by atoms with Crippen LogP contribution in [0.3, 0.4) is 0 Å². The van der Waals surface area contributed by atoms with Crippen LogP contribution in [-0.4, -0.2) is 69.4 Å². The van der Waals surface area contributed by atoms with Crippen molar-refractivity contribution in [3.05, 3.63) is 138 Å². The van der Waals surface area contributed by atoms with Crippen LogP contribution in [-0.2, 0) is 77.8 Å². The standard InChI is InChI=1S/C57H66N12O12/c1-7-31-37-22-58-52(76)64-43-16-13-28(49(70)71)19-46(43)67-55(79)61-25-40-34(10-4)41-26-62-56(80)68-47-20-29(50(72)73)14-17-44(47)65-53(77)59-23-38(31)33(9-3)39(32(37)8-2)24-60-54(78)66-45-18-15-30(51(74)75)21-48(45)69-57(81)63-27-42(35(40)11-5)36(41)12-6/h13-21H,7-12,22-27H2,1-6H3,(H,70,71)(H,72,73)(H,74,75)(H2,58,64,76)(H2,59,65,77)(H2,60,66,78)(H2,61,67,79)(H2,62,68,80)(H2,63,69,81). The maximum atomic E-state index is 14.1. The minimum atomic E-state index is -1.30. The number of nitrogens with one attached hydrogen (secondary N) is 12. The van der Waals surface area contributed by atoms with Crippen molar-refractivity contribution in [3.8, 4) is 0 Å². The molecule has 15 N–H and O–H groups in total. The Hall–Kier alpha value is -9.87. The summed E-state index contributed by atoms with van der Waals surface area (Å²) in [5, 5.41) is 63.8. The van der Waals surface area contributed by atoms with Crippen LogP contribution in [0.4, 0.5) is 62.9 Å². The SMILES string of the molecule is CCc1c2c(CC)c3c(CC)c1CNC(=O)Nc1ccc(C(=O)O)cc1NC(=O)NCc1c(CC)c(c(CC)c(c1CC)CNC(=O)Nc1cc(C(=O)O)ccc1NC(=O)NC3)CNC(=O)Nc1cc(C(=O)O)ccc1NC(=O)NC2. The van der Waals surface area contributed by atoms with Gasteiger partial charge in [-0.05, 0) is 160 Å². The molecule has 0 aliphatic carbocycles. The molecule has 12 amide bonds. The molecule has 3 aliphatic rings. The minimum absolute atomic E-state index is 0.0480. The normalized spacial score (nSPS) is 14.4. The van der Waals surface area contributed by atoms with Gasteiger partial charge in [0.25, 0.3) is 0 Å². The summed E-state index contributed by atoms with van der Waals surface area (Å²) in [7, 11) is 0. The number of amides is 12. The van der Waals surface area contributed by atoms with Crippen molar-refractivity contribution >= 4 is 88.2 Å². The number of carboxylic acid groups (broad SMARTS) is 3. The van der Waals surface area contributed by atoms with Crippen LogP contribution in [0, 0.1) is 0 Å². The first-order valence-corrected chi connectivity index (χ1v) is 26.6. The van der Waals surface area contributed by atoms with Gasteiger partial charge in [0.1, 0.15) is 0 Å². The van der Waals surface area contributed by atoms with Crippen molar-refractivity contribution in [1.82, 2.24) is 31.9 Å². The van der Waals surface area contributed by atoms with Gasteiger partial charge in [0.05, 0.1) is 50.8 Å². The van der Waals surface area contributed by atoms with Crippen LogP contribution < -0.4 is 63.8 Å². The van der Waals surface area contributed by atoms with Crippen LogP contribution >= 0.6 is 0 Å². The Morgan fingerprint density at radius 1 is 0.309 bits per heavy atom. The highest BCUT2D eigenvalue weighted by Gasteiger charge is 2.27. The Kier molecular flexibility index (Phi) is 19.0. The third kappa shape index (κ3) is 13.5. The van der Waals surface area contributed by atoms with Crippen molar-refractivity contribution in [1.29, 1.82) is 0 Å². The van der Waals surface area contributed by atoms with E-state index in [0.717, 1.165) is 33.4 Å². The van der Waals surface area contributed by atoms with E-state index in [-0.39, 0.29) is 90.1 Å². The summed E-state index contributed by atoms with van der Waals surface area (Å²) in [6.07, 6.45) is 2.28. The summed E-state index contributed by atoms with van der Waals surface area (Å²) in [6, 6.07) is 6.99. The van der Waals surface area contributed by atoms with E-state index in [4.69, 9.17) is 0 Å². The van der Waals surface area contributed by atoms with Crippen molar-refractivity contribution < 1.29 is 58.5 Å². The molecule has 3 aliphatic heterocycles. The molecule has 8 rings (SSSR count). The molecular weight excluding hydrogens is 1040 g/mol. The summed E-state index contributed by atoms with van der Waals surface area (Å²) in [5.41, 5.74) is 7.77. The van der Waals surface area contributed by atoms with E-state index in [9.17, 15) is 58.5 Å². The van der Waals surface area contributed by atoms with Gasteiger partial charge in [-0.3, -0.25) is 0 Å². The number of urea groups is 6. The zero-order valence-electron chi connectivity index (χ0n) is 45.7. The maximum Gasteiger partial charge on any atom is 0.335 e. The number of carbonyl (C=O) groups excluding carboxylic acids is 6. The summed E-state index contributed by atoms with van der Waals surface area (Å²) in [5.74, 6) is -3.89. The third-order valence-electron chi connectivity index (χ3n) is 14.3. The quantitative estimate of drug-likeness (QED) is 0.0659. The molecule has 0 fully saturated rings. The van der Waals surface area contributed by atoms with Gasteiger partial charge in [0.2, 0.25) is 0 Å². The van der Waals surface area contributed by atoms with E-state index in [1.54, 1.807) is 0 Å². The Labute approximate surface area is 466 Å². The van der Waals surface area contributed by atoms with E-state index in [1.807, 2.05) is 41.5 Å². The highest BCUT2D eigenvalue weighted by molar-refractivity contribution is 6.04. The van der Waals surface area contributed by atoms with Gasteiger partial charge in [0.15, 0.2) is 0 Å². The fourth-order valence-electron chi connectivity index (χ4n) is 10.7. The molecule has 6 bridgehead atoms. The van der Waals surface area contributed by atoms with E-state index in [2.05, 4.69) is 63.8 Å². The lowest BCUT2D eigenvalue weighted by molar-refractivity contribution is 0.0686. The zero-order chi connectivity index (χ0) is 58.7. The summed E-state index contributed by atoms with van der Waals surface area (Å²) < 4.78 is 0. The Morgan fingerprint density at radius 3 is 0.642 bits per heavy atom. The Balaban J connectivity index is 1.48. The fourth-order valence-corrected chi connectivity index (χ4v) is 10.7. The highest BCUT2D eigenvalue weighted by atomic mass is 16.4. The highest BCUT2D eigenvalue weighted by Crippen LogP contribution is 2.34. The topological polar surface area (TPSA) is 359 Å². The molecule has 0 atom stereocenters. The smallest absolute Gasteiger partial charge is 0.335 e. The monoisotopic (exact) mass is 1110 g/mol. The lowest BCUT2D eigenvalue weighted by atomic mass is 9.83. The number of carboxylic acids is 3. The zero-order valence-corrected chi connectivity index (χ0v) is 45.7. The second-order valence-corrected chi connectivity index (χ2v) is 18.9. The van der Waals surface area contributed by atoms with E-state index < -0.39 is 54.1 Å². The summed E-state index contributed by atoms with van der Waals surface area (Å²) >= 11 is 0. The maximum absolute atomic E-state index is 14.1. The number of anilines is 6. The van der Waals surface area contributed by atoms with Crippen LogP contribution in [0.15, 0.2) is 54.6 Å². The number of benzene rings is 5. The summed E-state index contributed by atoms with van der Waals surface area (Å²) in [6.45, 7) is 10.7. The molecule has 3 heterocycles. The molecule has 426 valence electrons. The fraction of sp³-hybridized carbons (Fsp3) is 0.316. The number of rotatable bonds is 9. The first-order chi connectivity index (χ1) is 38.8.